The Bertz CT molecular complexity index is 380. The molecule has 0 spiro atoms. The van der Waals surface area contributed by atoms with Gasteiger partial charge in [0.2, 0.25) is 0 Å². The summed E-state index contributed by atoms with van der Waals surface area (Å²) in [7, 11) is 1.64. The molecule has 16 heavy (non-hydrogen) atoms. The predicted octanol–water partition coefficient (Wildman–Crippen LogP) is 3.55. The molecule has 1 aromatic rings. The molecule has 0 fully saturated rings. The van der Waals surface area contributed by atoms with Crippen LogP contribution in [0.4, 0.5) is 0 Å². The molecule has 0 amide bonds. The SMILES string of the molecule is CCCN/N=C/c1ccc(Br)c(OC)c1Br. The number of ether oxygens (including phenoxy) is 1. The largest absolute Gasteiger partial charge is 0.494 e. The molecular formula is C11H14Br2N2O. The number of hydrazone groups is 1. The van der Waals surface area contributed by atoms with Crippen molar-refractivity contribution < 1.29 is 4.74 Å². The number of hydrogen-bond acceptors (Lipinski definition) is 3. The zero-order valence-corrected chi connectivity index (χ0v) is 12.4. The van der Waals surface area contributed by atoms with Gasteiger partial charge in [0.1, 0.15) is 5.75 Å². The standard InChI is InChI=1S/C11H14Br2N2O/c1-3-6-14-15-7-8-4-5-9(12)11(16-2)10(8)13/h4-5,7,14H,3,6H2,1-2H3/b15-7+. The molecule has 0 unspecified atom stereocenters. The zero-order valence-electron chi connectivity index (χ0n) is 9.26. The topological polar surface area (TPSA) is 33.6 Å². The van der Waals surface area contributed by atoms with Gasteiger partial charge in [-0.25, -0.2) is 0 Å². The molecule has 0 saturated carbocycles. The Morgan fingerprint density at radius 3 is 2.81 bits per heavy atom. The van der Waals surface area contributed by atoms with E-state index in [1.807, 2.05) is 12.1 Å². The van der Waals surface area contributed by atoms with Crippen molar-refractivity contribution in [1.82, 2.24) is 5.43 Å². The van der Waals surface area contributed by atoms with Crippen molar-refractivity contribution in [3.63, 3.8) is 0 Å². The molecule has 3 nitrogen and oxygen atoms in total. The minimum absolute atomic E-state index is 0.777. The maximum Gasteiger partial charge on any atom is 0.147 e. The Hall–Kier alpha value is -0.550. The monoisotopic (exact) mass is 348 g/mol. The lowest BCUT2D eigenvalue weighted by Crippen LogP contribution is -2.06. The second kappa shape index (κ2) is 6.91. The van der Waals surface area contributed by atoms with Crippen molar-refractivity contribution in [2.75, 3.05) is 13.7 Å². The Balaban J connectivity index is 2.85. The van der Waals surface area contributed by atoms with E-state index in [4.69, 9.17) is 4.74 Å². The first kappa shape index (κ1) is 13.5. The lowest BCUT2D eigenvalue weighted by atomic mass is 10.2. The van der Waals surface area contributed by atoms with Gasteiger partial charge in [0, 0.05) is 12.1 Å². The van der Waals surface area contributed by atoms with Crippen LogP contribution in [0, 0.1) is 0 Å². The second-order valence-electron chi connectivity index (χ2n) is 3.15. The summed E-state index contributed by atoms with van der Waals surface area (Å²) in [6.45, 7) is 2.98. The van der Waals surface area contributed by atoms with Crippen molar-refractivity contribution in [3.05, 3.63) is 26.6 Å². The van der Waals surface area contributed by atoms with Gasteiger partial charge in [0.05, 0.1) is 22.3 Å². The molecule has 5 heteroatoms. The van der Waals surface area contributed by atoms with Gasteiger partial charge in [-0.2, -0.15) is 5.10 Å². The number of methoxy groups -OCH3 is 1. The first-order valence-electron chi connectivity index (χ1n) is 4.98. The number of nitrogens with one attached hydrogen (secondary N) is 1. The molecule has 0 bridgehead atoms. The third-order valence-corrected chi connectivity index (χ3v) is 3.38. The van der Waals surface area contributed by atoms with Crippen LogP contribution in [0.1, 0.15) is 18.9 Å². The van der Waals surface area contributed by atoms with E-state index in [1.54, 1.807) is 13.3 Å². The molecular weight excluding hydrogens is 336 g/mol. The molecule has 0 aromatic heterocycles. The van der Waals surface area contributed by atoms with Crippen LogP contribution in [0.3, 0.4) is 0 Å². The van der Waals surface area contributed by atoms with Crippen molar-refractivity contribution >= 4 is 38.1 Å². The number of hydrogen-bond donors (Lipinski definition) is 1. The molecule has 0 heterocycles. The Labute approximate surface area is 113 Å². The average molecular weight is 350 g/mol. The molecule has 1 rings (SSSR count). The first-order chi connectivity index (χ1) is 7.70. The molecule has 1 N–H and O–H groups in total. The summed E-state index contributed by atoms with van der Waals surface area (Å²) in [5, 5.41) is 4.12. The van der Waals surface area contributed by atoms with Gasteiger partial charge in [0.25, 0.3) is 0 Å². The van der Waals surface area contributed by atoms with Crippen molar-refractivity contribution in [2.24, 2.45) is 5.10 Å². The van der Waals surface area contributed by atoms with Crippen LogP contribution in [0.15, 0.2) is 26.2 Å². The zero-order chi connectivity index (χ0) is 12.0. The third-order valence-electron chi connectivity index (χ3n) is 1.94. The lowest BCUT2D eigenvalue weighted by molar-refractivity contribution is 0.409. The second-order valence-corrected chi connectivity index (χ2v) is 4.80. The maximum atomic E-state index is 5.27. The highest BCUT2D eigenvalue weighted by Crippen LogP contribution is 2.34. The van der Waals surface area contributed by atoms with E-state index < -0.39 is 0 Å². The molecule has 0 aliphatic heterocycles. The molecule has 1 aromatic carbocycles. The number of rotatable bonds is 5. The lowest BCUT2D eigenvalue weighted by Gasteiger charge is -2.07. The third kappa shape index (κ3) is 3.49. The molecule has 0 radical (unpaired) electrons. The highest BCUT2D eigenvalue weighted by molar-refractivity contribution is 9.11. The van der Waals surface area contributed by atoms with E-state index in [9.17, 15) is 0 Å². The van der Waals surface area contributed by atoms with Crippen LogP contribution in [0.2, 0.25) is 0 Å². The fraction of sp³-hybridized carbons (Fsp3) is 0.364. The molecule has 0 atom stereocenters. The van der Waals surface area contributed by atoms with Crippen molar-refractivity contribution in [2.45, 2.75) is 13.3 Å². The van der Waals surface area contributed by atoms with Crippen molar-refractivity contribution in [3.8, 4) is 5.75 Å². The quantitative estimate of drug-likeness (QED) is 0.501. The van der Waals surface area contributed by atoms with E-state index in [0.29, 0.717) is 0 Å². The van der Waals surface area contributed by atoms with Gasteiger partial charge in [-0.05, 0) is 44.3 Å². The Kier molecular flexibility index (Phi) is 5.84. The van der Waals surface area contributed by atoms with E-state index in [-0.39, 0.29) is 0 Å². The average Bonchev–Trinajstić information content (AvgIpc) is 2.28. The van der Waals surface area contributed by atoms with Crippen LogP contribution in [-0.2, 0) is 0 Å². The predicted molar refractivity (Wildman–Crippen MR) is 74.3 cm³/mol. The molecule has 0 aliphatic carbocycles. The fourth-order valence-corrected chi connectivity index (χ4v) is 2.49. The van der Waals surface area contributed by atoms with E-state index in [0.717, 1.165) is 33.2 Å². The summed E-state index contributed by atoms with van der Waals surface area (Å²) in [4.78, 5) is 0. The van der Waals surface area contributed by atoms with Crippen LogP contribution in [0.25, 0.3) is 0 Å². The molecule has 0 aliphatic rings. The number of nitrogens with zero attached hydrogens (tertiary/aromatic N) is 1. The normalized spacial score (nSPS) is 10.8. The van der Waals surface area contributed by atoms with Crippen LogP contribution < -0.4 is 10.2 Å². The summed E-state index contributed by atoms with van der Waals surface area (Å²) < 4.78 is 7.08. The summed E-state index contributed by atoms with van der Waals surface area (Å²) in [5.41, 5.74) is 3.93. The summed E-state index contributed by atoms with van der Waals surface area (Å²) >= 11 is 6.91. The van der Waals surface area contributed by atoms with Gasteiger partial charge in [-0.1, -0.05) is 13.0 Å². The van der Waals surface area contributed by atoms with E-state index >= 15 is 0 Å². The smallest absolute Gasteiger partial charge is 0.147 e. The van der Waals surface area contributed by atoms with Crippen LogP contribution >= 0.6 is 31.9 Å². The number of halogens is 2. The Morgan fingerprint density at radius 2 is 2.19 bits per heavy atom. The summed E-state index contributed by atoms with van der Waals surface area (Å²) in [5.74, 6) is 0.777. The minimum Gasteiger partial charge on any atom is -0.494 e. The fourth-order valence-electron chi connectivity index (χ4n) is 1.13. The van der Waals surface area contributed by atoms with Gasteiger partial charge in [-0.15, -0.1) is 0 Å². The number of benzene rings is 1. The van der Waals surface area contributed by atoms with Gasteiger partial charge in [-0.3, -0.25) is 0 Å². The Morgan fingerprint density at radius 1 is 1.44 bits per heavy atom. The first-order valence-corrected chi connectivity index (χ1v) is 6.57. The van der Waals surface area contributed by atoms with Crippen molar-refractivity contribution in [1.29, 1.82) is 0 Å². The van der Waals surface area contributed by atoms with Crippen LogP contribution in [0.5, 0.6) is 5.75 Å². The van der Waals surface area contributed by atoms with Gasteiger partial charge < -0.3 is 10.2 Å². The maximum absolute atomic E-state index is 5.27. The van der Waals surface area contributed by atoms with E-state index in [2.05, 4.69) is 49.3 Å². The highest BCUT2D eigenvalue weighted by Gasteiger charge is 2.08. The van der Waals surface area contributed by atoms with Gasteiger partial charge in [0.15, 0.2) is 0 Å². The van der Waals surface area contributed by atoms with Gasteiger partial charge >= 0.3 is 0 Å². The van der Waals surface area contributed by atoms with E-state index in [1.165, 1.54) is 0 Å². The summed E-state index contributed by atoms with van der Waals surface area (Å²) in [6, 6.07) is 3.90. The highest BCUT2D eigenvalue weighted by atomic mass is 79.9. The molecule has 88 valence electrons. The summed E-state index contributed by atoms with van der Waals surface area (Å²) in [6.07, 6.45) is 2.83. The minimum atomic E-state index is 0.777. The molecule has 0 saturated heterocycles. The van der Waals surface area contributed by atoms with Crippen LogP contribution in [-0.4, -0.2) is 19.9 Å².